The zero-order valence-electron chi connectivity index (χ0n) is 31.6. The number of nitriles is 1. The van der Waals surface area contributed by atoms with E-state index in [0.29, 0.717) is 5.82 Å². The summed E-state index contributed by atoms with van der Waals surface area (Å²) >= 11 is 0. The van der Waals surface area contributed by atoms with Crippen LogP contribution in [-0.4, -0.2) is 15.0 Å². The molecular formula is C53H36N4. The predicted octanol–water partition coefficient (Wildman–Crippen LogP) is 13.2. The molecule has 7 aromatic carbocycles. The van der Waals surface area contributed by atoms with E-state index in [-0.39, 0.29) is 5.41 Å². The van der Waals surface area contributed by atoms with Gasteiger partial charge >= 0.3 is 0 Å². The summed E-state index contributed by atoms with van der Waals surface area (Å²) in [5.41, 5.74) is 17.3. The van der Waals surface area contributed by atoms with Crippen molar-refractivity contribution >= 4 is 10.9 Å². The molecule has 0 saturated heterocycles. The molecule has 2 aromatic heterocycles. The molecule has 0 amide bonds. The zero-order chi connectivity index (χ0) is 38.5. The van der Waals surface area contributed by atoms with Gasteiger partial charge in [0.1, 0.15) is 0 Å². The maximum absolute atomic E-state index is 10.1. The van der Waals surface area contributed by atoms with Crippen molar-refractivity contribution in [1.82, 2.24) is 15.0 Å². The molecule has 0 aliphatic heterocycles. The quantitative estimate of drug-likeness (QED) is 0.171. The maximum Gasteiger partial charge on any atom is 0.160 e. The number of fused-ring (bicyclic) bond motifs is 4. The molecule has 0 saturated carbocycles. The van der Waals surface area contributed by atoms with E-state index in [0.717, 1.165) is 83.5 Å². The topological polar surface area (TPSA) is 62.5 Å². The zero-order valence-corrected chi connectivity index (χ0v) is 31.6. The first-order valence-corrected chi connectivity index (χ1v) is 19.2. The van der Waals surface area contributed by atoms with E-state index >= 15 is 0 Å². The van der Waals surface area contributed by atoms with Crippen LogP contribution in [0.4, 0.5) is 0 Å². The van der Waals surface area contributed by atoms with Gasteiger partial charge in [-0.2, -0.15) is 5.26 Å². The molecule has 0 N–H and O–H groups in total. The summed E-state index contributed by atoms with van der Waals surface area (Å²) in [6.07, 6.45) is 1.84. The van der Waals surface area contributed by atoms with E-state index in [2.05, 4.69) is 158 Å². The number of pyridine rings is 1. The van der Waals surface area contributed by atoms with E-state index in [1.54, 1.807) is 0 Å². The Morgan fingerprint density at radius 2 is 1.07 bits per heavy atom. The Hall–Kier alpha value is -7.48. The number of rotatable bonds is 6. The van der Waals surface area contributed by atoms with Gasteiger partial charge in [0.2, 0.25) is 0 Å². The first-order valence-electron chi connectivity index (χ1n) is 19.2. The predicted molar refractivity (Wildman–Crippen MR) is 232 cm³/mol. The van der Waals surface area contributed by atoms with Crippen molar-refractivity contribution in [3.63, 3.8) is 0 Å². The molecule has 0 unspecified atom stereocenters. The SMILES string of the molecule is CC1(C)c2cc(-c3cc(-c4ccc5cccnc5c4)cc(-c4cc(-c5ccc(-c6ccccc6)cc5)nc(-c5ccccc5)n4)c3)ccc2-c2cccc(C#N)c21. The molecule has 0 fully saturated rings. The van der Waals surface area contributed by atoms with E-state index in [4.69, 9.17) is 9.97 Å². The van der Waals surface area contributed by atoms with Gasteiger partial charge in [0.25, 0.3) is 0 Å². The largest absolute Gasteiger partial charge is 0.256 e. The summed E-state index contributed by atoms with van der Waals surface area (Å²) in [6, 6.07) is 63.9. The molecule has 4 heteroatoms. The van der Waals surface area contributed by atoms with E-state index in [9.17, 15) is 5.26 Å². The minimum atomic E-state index is -0.334. The van der Waals surface area contributed by atoms with E-state index in [1.807, 2.05) is 48.7 Å². The second-order valence-electron chi connectivity index (χ2n) is 15.2. The number of aromatic nitrogens is 3. The Morgan fingerprint density at radius 1 is 0.456 bits per heavy atom. The van der Waals surface area contributed by atoms with Gasteiger partial charge in [-0.3, -0.25) is 4.98 Å². The number of nitrogens with zero attached hydrogens (tertiary/aromatic N) is 4. The third-order valence-corrected chi connectivity index (χ3v) is 11.3. The minimum absolute atomic E-state index is 0.334. The molecule has 1 aliphatic rings. The van der Waals surface area contributed by atoms with Crippen LogP contribution in [0.15, 0.2) is 182 Å². The van der Waals surface area contributed by atoms with Crippen molar-refractivity contribution in [3.8, 4) is 84.5 Å². The van der Waals surface area contributed by atoms with Crippen molar-refractivity contribution < 1.29 is 0 Å². The van der Waals surface area contributed by atoms with Crippen LogP contribution in [0.5, 0.6) is 0 Å². The summed E-state index contributed by atoms with van der Waals surface area (Å²) in [5, 5.41) is 11.2. The molecule has 268 valence electrons. The third kappa shape index (κ3) is 6.07. The highest BCUT2D eigenvalue weighted by Crippen LogP contribution is 2.51. The highest BCUT2D eigenvalue weighted by atomic mass is 14.9. The molecule has 2 heterocycles. The normalized spacial score (nSPS) is 12.5. The molecule has 9 aromatic rings. The monoisotopic (exact) mass is 728 g/mol. The second kappa shape index (κ2) is 13.7. The molecule has 0 radical (unpaired) electrons. The Morgan fingerprint density at radius 3 is 1.81 bits per heavy atom. The van der Waals surface area contributed by atoms with Gasteiger partial charge in [-0.05, 0) is 104 Å². The molecule has 0 atom stereocenters. The van der Waals surface area contributed by atoms with Gasteiger partial charge in [-0.1, -0.05) is 141 Å². The summed E-state index contributed by atoms with van der Waals surface area (Å²) < 4.78 is 0. The Kier molecular flexibility index (Phi) is 8.17. The fourth-order valence-corrected chi connectivity index (χ4v) is 8.43. The molecular weight excluding hydrogens is 693 g/mol. The third-order valence-electron chi connectivity index (χ3n) is 11.3. The van der Waals surface area contributed by atoms with Crippen molar-refractivity contribution in [3.05, 3.63) is 199 Å². The summed E-state index contributed by atoms with van der Waals surface area (Å²) in [6.45, 7) is 4.46. The van der Waals surface area contributed by atoms with Crippen LogP contribution in [0.1, 0.15) is 30.5 Å². The summed E-state index contributed by atoms with van der Waals surface area (Å²) in [4.78, 5) is 15.1. The van der Waals surface area contributed by atoms with Gasteiger partial charge in [0.15, 0.2) is 5.82 Å². The Balaban J connectivity index is 1.16. The maximum atomic E-state index is 10.1. The van der Waals surface area contributed by atoms with Gasteiger partial charge < -0.3 is 0 Å². The van der Waals surface area contributed by atoms with Crippen LogP contribution in [0, 0.1) is 11.3 Å². The molecule has 1 aliphatic carbocycles. The van der Waals surface area contributed by atoms with Gasteiger partial charge in [0, 0.05) is 33.7 Å². The molecule has 10 rings (SSSR count). The standard InChI is InChI=1S/C53H36N4/c1-53(2)47-30-39(24-25-45(47)46-17-9-15-41(33-54)51(46)53)42-27-43(40-23-22-36-16-10-26-55-48(36)31-40)29-44(28-42)50-32-49(56-52(57-50)38-13-7-4-8-14-38)37-20-18-35(19-21-37)34-11-5-3-6-12-34/h3-32H,1-2H3. The number of hydrogen-bond acceptors (Lipinski definition) is 4. The minimum Gasteiger partial charge on any atom is -0.256 e. The van der Waals surface area contributed by atoms with Crippen LogP contribution < -0.4 is 0 Å². The Bertz CT molecular complexity index is 3030. The van der Waals surface area contributed by atoms with Crippen LogP contribution >= 0.6 is 0 Å². The van der Waals surface area contributed by atoms with Crippen molar-refractivity contribution in [2.24, 2.45) is 0 Å². The lowest BCUT2D eigenvalue weighted by Crippen LogP contribution is -2.16. The van der Waals surface area contributed by atoms with Crippen molar-refractivity contribution in [1.29, 1.82) is 5.26 Å². The second-order valence-corrected chi connectivity index (χ2v) is 15.2. The van der Waals surface area contributed by atoms with Crippen molar-refractivity contribution in [2.45, 2.75) is 19.3 Å². The first-order chi connectivity index (χ1) is 27.9. The molecule has 57 heavy (non-hydrogen) atoms. The lowest BCUT2D eigenvalue weighted by molar-refractivity contribution is 0.658. The summed E-state index contributed by atoms with van der Waals surface area (Å²) in [7, 11) is 0. The lowest BCUT2D eigenvalue weighted by Gasteiger charge is -2.23. The lowest BCUT2D eigenvalue weighted by atomic mass is 9.79. The Labute approximate surface area is 332 Å². The fourth-order valence-electron chi connectivity index (χ4n) is 8.43. The van der Waals surface area contributed by atoms with Gasteiger partial charge in [0.05, 0.1) is 28.5 Å². The fraction of sp³-hybridized carbons (Fsp3) is 0.0566. The summed E-state index contributed by atoms with van der Waals surface area (Å²) in [5.74, 6) is 0.669. The molecule has 0 spiro atoms. The number of benzene rings is 7. The van der Waals surface area contributed by atoms with Crippen LogP contribution in [0.3, 0.4) is 0 Å². The van der Waals surface area contributed by atoms with E-state index in [1.165, 1.54) is 16.7 Å². The van der Waals surface area contributed by atoms with Gasteiger partial charge in [-0.25, -0.2) is 9.97 Å². The van der Waals surface area contributed by atoms with Crippen LogP contribution in [0.25, 0.3) is 89.3 Å². The van der Waals surface area contributed by atoms with E-state index < -0.39 is 0 Å². The van der Waals surface area contributed by atoms with Crippen molar-refractivity contribution in [2.75, 3.05) is 0 Å². The number of hydrogen-bond donors (Lipinski definition) is 0. The van der Waals surface area contributed by atoms with Crippen LogP contribution in [0.2, 0.25) is 0 Å². The van der Waals surface area contributed by atoms with Gasteiger partial charge in [-0.15, -0.1) is 0 Å². The molecule has 4 nitrogen and oxygen atoms in total. The first kappa shape index (κ1) is 34.0. The molecule has 0 bridgehead atoms. The average molecular weight is 729 g/mol. The highest BCUT2D eigenvalue weighted by Gasteiger charge is 2.37. The smallest absolute Gasteiger partial charge is 0.160 e. The van der Waals surface area contributed by atoms with Crippen LogP contribution in [-0.2, 0) is 5.41 Å². The average Bonchev–Trinajstić information content (AvgIpc) is 3.52. The highest BCUT2D eigenvalue weighted by molar-refractivity contribution is 5.90.